The summed E-state index contributed by atoms with van der Waals surface area (Å²) in [6.07, 6.45) is 1.80. The van der Waals surface area contributed by atoms with Gasteiger partial charge in [0.25, 0.3) is 0 Å². The first kappa shape index (κ1) is 13.8. The van der Waals surface area contributed by atoms with Crippen LogP contribution in [-0.2, 0) is 0 Å². The summed E-state index contributed by atoms with van der Waals surface area (Å²) >= 11 is 1.56. The van der Waals surface area contributed by atoms with Crippen molar-refractivity contribution < 1.29 is 4.74 Å². The maximum Gasteiger partial charge on any atom is 0.189 e. The van der Waals surface area contributed by atoms with Crippen molar-refractivity contribution in [3.05, 3.63) is 60.2 Å². The number of aromatic nitrogens is 3. The fourth-order valence-electron chi connectivity index (χ4n) is 2.37. The maximum atomic E-state index is 5.16. The van der Waals surface area contributed by atoms with E-state index < -0.39 is 0 Å². The van der Waals surface area contributed by atoms with Crippen LogP contribution in [0.1, 0.15) is 0 Å². The average molecular weight is 322 g/mol. The van der Waals surface area contributed by atoms with Crippen LogP contribution in [0, 0.1) is 0 Å². The molecule has 0 aliphatic heterocycles. The van der Waals surface area contributed by atoms with E-state index in [0.29, 0.717) is 0 Å². The summed E-state index contributed by atoms with van der Waals surface area (Å²) in [6, 6.07) is 15.8. The Kier molecular flexibility index (Phi) is 3.44. The quantitative estimate of drug-likeness (QED) is 0.611. The monoisotopic (exact) mass is 322 g/mol. The van der Waals surface area contributed by atoms with Gasteiger partial charge in [0.05, 0.1) is 18.1 Å². The molecule has 0 amide bonds. The molecule has 0 saturated carbocycles. The molecule has 0 aliphatic rings. The van der Waals surface area contributed by atoms with Crippen molar-refractivity contribution >= 4 is 33.2 Å². The van der Waals surface area contributed by atoms with Gasteiger partial charge >= 0.3 is 0 Å². The number of nitrogens with one attached hydrogen (secondary N) is 1. The highest BCUT2D eigenvalue weighted by Gasteiger charge is 2.08. The maximum absolute atomic E-state index is 5.16. The molecule has 2 aromatic carbocycles. The van der Waals surface area contributed by atoms with E-state index in [1.54, 1.807) is 24.8 Å². The Hall–Kier alpha value is -2.86. The Bertz CT molecular complexity index is 943. The summed E-state index contributed by atoms with van der Waals surface area (Å²) in [5, 5.41) is 6.15. The van der Waals surface area contributed by atoms with Crippen LogP contribution < -0.4 is 10.1 Å². The van der Waals surface area contributed by atoms with E-state index in [4.69, 9.17) is 4.74 Å². The standard InChI is InChI=1S/C17H14N4OS/c1-22-13-8-6-12(7-9-13)19-17-20-16(10-23-17)21-11-18-14-4-2-3-5-15(14)21/h2-11H,1H3,(H,19,20). The van der Waals surface area contributed by atoms with Gasteiger partial charge in [-0.25, -0.2) is 9.97 Å². The van der Waals surface area contributed by atoms with Crippen molar-refractivity contribution in [2.45, 2.75) is 0 Å². The van der Waals surface area contributed by atoms with Gasteiger partial charge in [-0.05, 0) is 36.4 Å². The number of benzene rings is 2. The molecule has 0 fully saturated rings. The summed E-state index contributed by atoms with van der Waals surface area (Å²) in [5.74, 6) is 1.69. The van der Waals surface area contributed by atoms with Crippen LogP contribution >= 0.6 is 11.3 Å². The Balaban J connectivity index is 1.61. The smallest absolute Gasteiger partial charge is 0.189 e. The fraction of sp³-hybridized carbons (Fsp3) is 0.0588. The summed E-state index contributed by atoms with van der Waals surface area (Å²) in [4.78, 5) is 9.04. The molecular weight excluding hydrogens is 308 g/mol. The highest BCUT2D eigenvalue weighted by molar-refractivity contribution is 7.14. The van der Waals surface area contributed by atoms with E-state index in [1.165, 1.54) is 0 Å². The summed E-state index contributed by atoms with van der Waals surface area (Å²) < 4.78 is 7.15. The van der Waals surface area contributed by atoms with Gasteiger partial charge in [0, 0.05) is 11.1 Å². The second-order valence-corrected chi connectivity index (χ2v) is 5.83. The first-order valence-corrected chi connectivity index (χ1v) is 8.00. The number of anilines is 2. The molecule has 0 spiro atoms. The van der Waals surface area contributed by atoms with Gasteiger partial charge in [-0.1, -0.05) is 12.1 Å². The van der Waals surface area contributed by atoms with Crippen LogP contribution in [0.5, 0.6) is 5.75 Å². The SMILES string of the molecule is COc1ccc(Nc2nc(-n3cnc4ccccc43)cs2)cc1. The van der Waals surface area contributed by atoms with Crippen LogP contribution in [0.4, 0.5) is 10.8 Å². The van der Waals surface area contributed by atoms with Crippen molar-refractivity contribution in [3.8, 4) is 11.6 Å². The molecule has 6 heteroatoms. The molecule has 2 heterocycles. The summed E-state index contributed by atoms with van der Waals surface area (Å²) in [6.45, 7) is 0. The van der Waals surface area contributed by atoms with Gasteiger partial charge in [-0.15, -0.1) is 11.3 Å². The molecule has 2 aromatic heterocycles. The van der Waals surface area contributed by atoms with Crippen LogP contribution in [0.2, 0.25) is 0 Å². The molecule has 0 bridgehead atoms. The minimum Gasteiger partial charge on any atom is -0.497 e. The molecule has 114 valence electrons. The number of ether oxygens (including phenoxy) is 1. The van der Waals surface area contributed by atoms with Gasteiger partial charge in [0.2, 0.25) is 0 Å². The molecule has 0 radical (unpaired) electrons. The number of hydrogen-bond acceptors (Lipinski definition) is 5. The molecule has 4 aromatic rings. The van der Waals surface area contributed by atoms with Gasteiger partial charge < -0.3 is 10.1 Å². The highest BCUT2D eigenvalue weighted by Crippen LogP contribution is 2.26. The molecular formula is C17H14N4OS. The lowest BCUT2D eigenvalue weighted by molar-refractivity contribution is 0.415. The molecule has 4 rings (SSSR count). The largest absolute Gasteiger partial charge is 0.497 e. The molecule has 23 heavy (non-hydrogen) atoms. The van der Waals surface area contributed by atoms with E-state index in [-0.39, 0.29) is 0 Å². The van der Waals surface area contributed by atoms with Crippen LogP contribution in [0.3, 0.4) is 0 Å². The highest BCUT2D eigenvalue weighted by atomic mass is 32.1. The summed E-state index contributed by atoms with van der Waals surface area (Å²) in [7, 11) is 1.66. The Morgan fingerprint density at radius 2 is 1.91 bits per heavy atom. The molecule has 5 nitrogen and oxygen atoms in total. The lowest BCUT2D eigenvalue weighted by Crippen LogP contribution is -1.94. The Morgan fingerprint density at radius 3 is 2.74 bits per heavy atom. The second kappa shape index (κ2) is 5.73. The summed E-state index contributed by atoms with van der Waals surface area (Å²) in [5.41, 5.74) is 2.99. The normalized spacial score (nSPS) is 10.8. The van der Waals surface area contributed by atoms with E-state index >= 15 is 0 Å². The van der Waals surface area contributed by atoms with E-state index in [1.807, 2.05) is 58.5 Å². The minimum atomic E-state index is 0.834. The van der Waals surface area contributed by atoms with Gasteiger partial charge in [-0.2, -0.15) is 0 Å². The predicted molar refractivity (Wildman–Crippen MR) is 93.0 cm³/mol. The van der Waals surface area contributed by atoms with Crippen molar-refractivity contribution in [2.24, 2.45) is 0 Å². The zero-order chi connectivity index (χ0) is 15.6. The molecule has 0 saturated heterocycles. The zero-order valence-corrected chi connectivity index (χ0v) is 13.2. The predicted octanol–water partition coefficient (Wildman–Crippen LogP) is 4.23. The van der Waals surface area contributed by atoms with Crippen molar-refractivity contribution in [1.29, 1.82) is 0 Å². The number of thiazole rings is 1. The Labute approximate surface area is 137 Å². The van der Waals surface area contributed by atoms with E-state index in [2.05, 4.69) is 15.3 Å². The number of rotatable bonds is 4. The third kappa shape index (κ3) is 2.64. The molecule has 0 atom stereocenters. The van der Waals surface area contributed by atoms with E-state index in [9.17, 15) is 0 Å². The lowest BCUT2D eigenvalue weighted by Gasteiger charge is -2.04. The molecule has 0 aliphatic carbocycles. The Morgan fingerprint density at radius 1 is 1.09 bits per heavy atom. The van der Waals surface area contributed by atoms with Crippen molar-refractivity contribution in [2.75, 3.05) is 12.4 Å². The van der Waals surface area contributed by atoms with Gasteiger partial charge in [-0.3, -0.25) is 4.57 Å². The van der Waals surface area contributed by atoms with E-state index in [0.717, 1.165) is 33.4 Å². The third-order valence-corrected chi connectivity index (χ3v) is 4.28. The topological polar surface area (TPSA) is 52.0 Å². The number of para-hydroxylation sites is 2. The first-order valence-electron chi connectivity index (χ1n) is 7.12. The lowest BCUT2D eigenvalue weighted by atomic mass is 10.3. The van der Waals surface area contributed by atoms with Gasteiger partial charge in [0.15, 0.2) is 10.9 Å². The van der Waals surface area contributed by atoms with Gasteiger partial charge in [0.1, 0.15) is 12.1 Å². The van der Waals surface area contributed by atoms with Crippen molar-refractivity contribution in [1.82, 2.24) is 14.5 Å². The minimum absolute atomic E-state index is 0.834. The number of methoxy groups -OCH3 is 1. The molecule has 0 unspecified atom stereocenters. The van der Waals surface area contributed by atoms with Crippen molar-refractivity contribution in [3.63, 3.8) is 0 Å². The average Bonchev–Trinajstić information content (AvgIpc) is 3.22. The first-order chi connectivity index (χ1) is 11.3. The van der Waals surface area contributed by atoms with Crippen LogP contribution in [0.25, 0.3) is 16.9 Å². The number of hydrogen-bond donors (Lipinski definition) is 1. The number of fused-ring (bicyclic) bond motifs is 1. The zero-order valence-electron chi connectivity index (χ0n) is 12.4. The van der Waals surface area contributed by atoms with Crippen LogP contribution in [-0.4, -0.2) is 21.6 Å². The fourth-order valence-corrected chi connectivity index (χ4v) is 3.08. The third-order valence-electron chi connectivity index (χ3n) is 3.53. The number of nitrogens with zero attached hydrogens (tertiary/aromatic N) is 3. The number of imidazole rings is 1. The molecule has 1 N–H and O–H groups in total. The second-order valence-electron chi connectivity index (χ2n) is 4.97. The van der Waals surface area contributed by atoms with Crippen LogP contribution in [0.15, 0.2) is 60.2 Å².